The first-order valence-electron chi connectivity index (χ1n) is 5.84. The minimum atomic E-state index is -0.00393. The molecule has 0 fully saturated rings. The molecule has 0 spiro atoms. The number of carbonyl (C=O) groups is 1. The number of aromatic nitrogens is 2. The first kappa shape index (κ1) is 12.4. The fourth-order valence-electron chi connectivity index (χ4n) is 1.97. The molecular formula is C14H11ClN2OS. The van der Waals surface area contributed by atoms with Crippen molar-refractivity contribution in [3.05, 3.63) is 57.8 Å². The van der Waals surface area contributed by atoms with Gasteiger partial charge < -0.3 is 0 Å². The molecule has 3 nitrogen and oxygen atoms in total. The SMILES string of the molecule is Cc1ccc(C(=O)Cc2cn3ccsc3n2)c(Cl)c1. The van der Waals surface area contributed by atoms with Crippen molar-refractivity contribution in [1.29, 1.82) is 0 Å². The summed E-state index contributed by atoms with van der Waals surface area (Å²) in [5.74, 6) is -0.00393. The lowest BCUT2D eigenvalue weighted by Crippen LogP contribution is -2.04. The Hall–Kier alpha value is -1.65. The van der Waals surface area contributed by atoms with Crippen molar-refractivity contribution >= 4 is 33.7 Å². The third-order valence-electron chi connectivity index (χ3n) is 2.91. The van der Waals surface area contributed by atoms with Crippen LogP contribution in [-0.4, -0.2) is 15.2 Å². The van der Waals surface area contributed by atoms with Crippen molar-refractivity contribution in [2.75, 3.05) is 0 Å². The Bertz CT molecular complexity index is 731. The number of nitrogens with zero attached hydrogens (tertiary/aromatic N) is 2. The number of benzene rings is 1. The third kappa shape index (κ3) is 2.41. The number of ketones is 1. The molecule has 0 bridgehead atoms. The highest BCUT2D eigenvalue weighted by Crippen LogP contribution is 2.20. The molecule has 0 amide bonds. The van der Waals surface area contributed by atoms with Gasteiger partial charge in [-0.05, 0) is 24.6 Å². The van der Waals surface area contributed by atoms with E-state index in [1.54, 1.807) is 23.5 Å². The molecule has 0 aliphatic heterocycles. The molecule has 5 heteroatoms. The van der Waals surface area contributed by atoms with E-state index in [0.29, 0.717) is 10.6 Å². The van der Waals surface area contributed by atoms with Crippen LogP contribution in [0.25, 0.3) is 4.96 Å². The number of thiazole rings is 1. The van der Waals surface area contributed by atoms with Gasteiger partial charge in [-0.25, -0.2) is 4.98 Å². The molecule has 0 unspecified atom stereocenters. The minimum Gasteiger partial charge on any atom is -0.297 e. The zero-order chi connectivity index (χ0) is 13.4. The lowest BCUT2D eigenvalue weighted by molar-refractivity contribution is 0.0992. The second-order valence-electron chi connectivity index (χ2n) is 4.41. The van der Waals surface area contributed by atoms with Crippen molar-refractivity contribution in [2.45, 2.75) is 13.3 Å². The van der Waals surface area contributed by atoms with Crippen molar-refractivity contribution in [3.8, 4) is 0 Å². The second-order valence-corrected chi connectivity index (χ2v) is 5.69. The van der Waals surface area contributed by atoms with E-state index in [2.05, 4.69) is 4.98 Å². The third-order valence-corrected chi connectivity index (χ3v) is 3.99. The Morgan fingerprint density at radius 1 is 1.47 bits per heavy atom. The topological polar surface area (TPSA) is 34.4 Å². The average Bonchev–Trinajstić information content (AvgIpc) is 2.89. The Balaban J connectivity index is 1.86. The van der Waals surface area contributed by atoms with Gasteiger partial charge in [-0.3, -0.25) is 9.20 Å². The molecule has 96 valence electrons. The van der Waals surface area contributed by atoms with E-state index in [0.717, 1.165) is 16.2 Å². The zero-order valence-corrected chi connectivity index (χ0v) is 11.8. The van der Waals surface area contributed by atoms with Crippen molar-refractivity contribution in [2.24, 2.45) is 0 Å². The molecule has 0 saturated heterocycles. The number of rotatable bonds is 3. The largest absolute Gasteiger partial charge is 0.297 e. The molecule has 0 N–H and O–H groups in total. The lowest BCUT2D eigenvalue weighted by atomic mass is 10.1. The van der Waals surface area contributed by atoms with Crippen LogP contribution in [0.4, 0.5) is 0 Å². The van der Waals surface area contributed by atoms with Crippen molar-refractivity contribution < 1.29 is 4.79 Å². The van der Waals surface area contributed by atoms with Crippen molar-refractivity contribution in [1.82, 2.24) is 9.38 Å². The molecule has 3 aromatic rings. The highest BCUT2D eigenvalue weighted by Gasteiger charge is 2.13. The molecule has 0 saturated carbocycles. The van der Waals surface area contributed by atoms with E-state index in [-0.39, 0.29) is 12.2 Å². The van der Waals surface area contributed by atoms with E-state index < -0.39 is 0 Å². The van der Waals surface area contributed by atoms with Gasteiger partial charge in [-0.1, -0.05) is 17.7 Å². The van der Waals surface area contributed by atoms with Gasteiger partial charge in [0.2, 0.25) is 0 Å². The molecule has 0 aliphatic carbocycles. The Morgan fingerprint density at radius 2 is 2.32 bits per heavy atom. The van der Waals surface area contributed by atoms with Crippen LogP contribution in [0.1, 0.15) is 21.6 Å². The van der Waals surface area contributed by atoms with Gasteiger partial charge in [0.15, 0.2) is 10.7 Å². The summed E-state index contributed by atoms with van der Waals surface area (Å²) in [6.07, 6.45) is 4.09. The van der Waals surface area contributed by atoms with Crippen LogP contribution >= 0.6 is 22.9 Å². The Labute approximate surface area is 119 Å². The van der Waals surface area contributed by atoms with E-state index in [4.69, 9.17) is 11.6 Å². The summed E-state index contributed by atoms with van der Waals surface area (Å²) in [6.45, 7) is 1.95. The average molecular weight is 291 g/mol. The predicted molar refractivity (Wildman–Crippen MR) is 77.3 cm³/mol. The van der Waals surface area contributed by atoms with Crippen molar-refractivity contribution in [3.63, 3.8) is 0 Å². The highest BCUT2D eigenvalue weighted by atomic mass is 35.5. The van der Waals surface area contributed by atoms with Crippen LogP contribution in [0.2, 0.25) is 5.02 Å². The molecule has 0 aliphatic rings. The molecule has 2 heterocycles. The van der Waals surface area contributed by atoms with E-state index >= 15 is 0 Å². The van der Waals surface area contributed by atoms with Gasteiger partial charge >= 0.3 is 0 Å². The molecule has 3 rings (SSSR count). The Morgan fingerprint density at radius 3 is 3.05 bits per heavy atom. The maximum Gasteiger partial charge on any atom is 0.193 e. The zero-order valence-electron chi connectivity index (χ0n) is 10.3. The number of fused-ring (bicyclic) bond motifs is 1. The van der Waals surface area contributed by atoms with Crippen LogP contribution in [-0.2, 0) is 6.42 Å². The maximum absolute atomic E-state index is 12.2. The summed E-state index contributed by atoms with van der Waals surface area (Å²) >= 11 is 7.65. The van der Waals surface area contributed by atoms with Gasteiger partial charge in [-0.2, -0.15) is 0 Å². The summed E-state index contributed by atoms with van der Waals surface area (Å²) in [7, 11) is 0. The monoisotopic (exact) mass is 290 g/mol. The number of imidazole rings is 1. The second kappa shape index (κ2) is 4.79. The van der Waals surface area contributed by atoms with E-state index in [1.807, 2.05) is 35.2 Å². The van der Waals surface area contributed by atoms with E-state index in [9.17, 15) is 4.79 Å². The fraction of sp³-hybridized carbons (Fsp3) is 0.143. The van der Waals surface area contributed by atoms with Crippen LogP contribution in [0.3, 0.4) is 0 Å². The summed E-state index contributed by atoms with van der Waals surface area (Å²) in [5.41, 5.74) is 2.38. The number of aryl methyl sites for hydroxylation is 1. The first-order valence-corrected chi connectivity index (χ1v) is 7.09. The summed E-state index contributed by atoms with van der Waals surface area (Å²) in [6, 6.07) is 5.48. The highest BCUT2D eigenvalue weighted by molar-refractivity contribution is 7.15. The van der Waals surface area contributed by atoms with Gasteiger partial charge in [0.1, 0.15) is 0 Å². The number of carbonyl (C=O) groups excluding carboxylic acids is 1. The van der Waals surface area contributed by atoms with Crippen LogP contribution in [0.15, 0.2) is 36.0 Å². The predicted octanol–water partition coefficient (Wildman–Crippen LogP) is 3.78. The minimum absolute atomic E-state index is 0.00393. The molecular weight excluding hydrogens is 280 g/mol. The summed E-state index contributed by atoms with van der Waals surface area (Å²) in [4.78, 5) is 17.5. The summed E-state index contributed by atoms with van der Waals surface area (Å²) < 4.78 is 1.92. The quantitative estimate of drug-likeness (QED) is 0.688. The standard InChI is InChI=1S/C14H11ClN2OS/c1-9-2-3-11(12(15)6-9)13(18)7-10-8-17-4-5-19-14(17)16-10/h2-6,8H,7H2,1H3. The molecule has 2 aromatic heterocycles. The Kier molecular flexibility index (Phi) is 3.12. The van der Waals surface area contributed by atoms with Crippen LogP contribution in [0.5, 0.6) is 0 Å². The number of Topliss-reactive ketones (excluding diaryl/α,β-unsaturated/α-hetero) is 1. The fourth-order valence-corrected chi connectivity index (χ4v) is 3.03. The number of hydrogen-bond donors (Lipinski definition) is 0. The molecule has 1 aromatic carbocycles. The first-order chi connectivity index (χ1) is 9.13. The molecule has 0 atom stereocenters. The van der Waals surface area contributed by atoms with Gasteiger partial charge in [0.05, 0.1) is 17.1 Å². The van der Waals surface area contributed by atoms with Gasteiger partial charge in [0, 0.05) is 23.3 Å². The summed E-state index contributed by atoms with van der Waals surface area (Å²) in [5, 5.41) is 2.47. The smallest absolute Gasteiger partial charge is 0.193 e. The van der Waals surface area contributed by atoms with Crippen LogP contribution < -0.4 is 0 Å². The van der Waals surface area contributed by atoms with Gasteiger partial charge in [0.25, 0.3) is 0 Å². The van der Waals surface area contributed by atoms with Crippen LogP contribution in [0, 0.1) is 6.92 Å². The lowest BCUT2D eigenvalue weighted by Gasteiger charge is -2.03. The number of hydrogen-bond acceptors (Lipinski definition) is 3. The normalized spacial score (nSPS) is 11.1. The van der Waals surface area contributed by atoms with Gasteiger partial charge in [-0.15, -0.1) is 11.3 Å². The molecule has 19 heavy (non-hydrogen) atoms. The molecule has 0 radical (unpaired) electrons. The van der Waals surface area contributed by atoms with E-state index in [1.165, 1.54) is 0 Å². The number of halogens is 1. The maximum atomic E-state index is 12.2.